The number of rotatable bonds is 3. The van der Waals surface area contributed by atoms with Gasteiger partial charge in [0.05, 0.1) is 12.5 Å². The summed E-state index contributed by atoms with van der Waals surface area (Å²) >= 11 is 0. The molecule has 3 nitrogen and oxygen atoms in total. The lowest BCUT2D eigenvalue weighted by Crippen LogP contribution is -2.17. The van der Waals surface area contributed by atoms with Gasteiger partial charge in [-0.05, 0) is 24.3 Å². The number of nitrogens with zero attached hydrogens (tertiary/aromatic N) is 2. The Labute approximate surface area is 77.8 Å². The molecule has 0 unspecified atom stereocenters. The van der Waals surface area contributed by atoms with Crippen LogP contribution in [0.2, 0.25) is 0 Å². The van der Waals surface area contributed by atoms with E-state index in [4.69, 9.17) is 10.4 Å². The second-order valence-electron chi connectivity index (χ2n) is 2.85. The van der Waals surface area contributed by atoms with Gasteiger partial charge in [0.25, 0.3) is 0 Å². The number of hydrogen-bond donors (Lipinski definition) is 1. The van der Waals surface area contributed by atoms with Crippen LogP contribution in [0.25, 0.3) is 0 Å². The van der Waals surface area contributed by atoms with Crippen molar-refractivity contribution in [2.45, 2.75) is 6.42 Å². The van der Waals surface area contributed by atoms with Gasteiger partial charge in [0, 0.05) is 19.3 Å². The van der Waals surface area contributed by atoms with Gasteiger partial charge in [-0.25, -0.2) is 0 Å². The lowest BCUT2D eigenvalue weighted by atomic mass is 10.2. The Morgan fingerprint density at radius 1 is 1.38 bits per heavy atom. The SMILES string of the molecule is CN(CCC#N)c1ccc(O)cc1. The first kappa shape index (κ1) is 9.40. The molecule has 68 valence electrons. The van der Waals surface area contributed by atoms with Gasteiger partial charge in [0.15, 0.2) is 0 Å². The molecule has 0 saturated heterocycles. The van der Waals surface area contributed by atoms with Crippen LogP contribution in [0.3, 0.4) is 0 Å². The van der Waals surface area contributed by atoms with E-state index in [1.54, 1.807) is 12.1 Å². The zero-order valence-corrected chi connectivity index (χ0v) is 7.57. The second kappa shape index (κ2) is 4.36. The van der Waals surface area contributed by atoms with E-state index < -0.39 is 0 Å². The highest BCUT2D eigenvalue weighted by Gasteiger charge is 1.98. The van der Waals surface area contributed by atoms with E-state index in [2.05, 4.69) is 6.07 Å². The minimum atomic E-state index is 0.262. The normalized spacial score (nSPS) is 9.23. The summed E-state index contributed by atoms with van der Waals surface area (Å²) in [7, 11) is 1.92. The highest BCUT2D eigenvalue weighted by Crippen LogP contribution is 2.16. The van der Waals surface area contributed by atoms with Crippen LogP contribution in [-0.4, -0.2) is 18.7 Å². The summed E-state index contributed by atoms with van der Waals surface area (Å²) in [6, 6.07) is 9.02. The lowest BCUT2D eigenvalue weighted by Gasteiger charge is -2.17. The van der Waals surface area contributed by atoms with E-state index in [9.17, 15) is 0 Å². The van der Waals surface area contributed by atoms with Gasteiger partial charge >= 0.3 is 0 Å². The molecule has 0 heterocycles. The van der Waals surface area contributed by atoms with Crippen LogP contribution in [0.4, 0.5) is 5.69 Å². The van der Waals surface area contributed by atoms with Gasteiger partial charge in [-0.2, -0.15) is 5.26 Å². The van der Waals surface area contributed by atoms with Crippen molar-refractivity contribution in [2.24, 2.45) is 0 Å². The summed E-state index contributed by atoms with van der Waals surface area (Å²) in [5, 5.41) is 17.4. The van der Waals surface area contributed by atoms with Crippen molar-refractivity contribution in [3.63, 3.8) is 0 Å². The number of anilines is 1. The molecule has 0 radical (unpaired) electrons. The highest BCUT2D eigenvalue weighted by atomic mass is 16.3. The van der Waals surface area contributed by atoms with E-state index >= 15 is 0 Å². The van der Waals surface area contributed by atoms with E-state index in [-0.39, 0.29) is 5.75 Å². The maximum Gasteiger partial charge on any atom is 0.115 e. The van der Waals surface area contributed by atoms with Crippen LogP contribution in [0.15, 0.2) is 24.3 Å². The molecule has 0 saturated carbocycles. The zero-order chi connectivity index (χ0) is 9.68. The Morgan fingerprint density at radius 3 is 2.54 bits per heavy atom. The minimum absolute atomic E-state index is 0.262. The zero-order valence-electron chi connectivity index (χ0n) is 7.57. The number of hydrogen-bond acceptors (Lipinski definition) is 3. The van der Waals surface area contributed by atoms with Crippen LogP contribution >= 0.6 is 0 Å². The van der Waals surface area contributed by atoms with Gasteiger partial charge in [0.1, 0.15) is 5.75 Å². The standard InChI is InChI=1S/C10H12N2O/c1-12(8-2-7-11)9-3-5-10(13)6-4-9/h3-6,13H,2,8H2,1H3. The van der Waals surface area contributed by atoms with Crippen molar-refractivity contribution in [1.29, 1.82) is 5.26 Å². The summed E-state index contributed by atoms with van der Waals surface area (Å²) in [4.78, 5) is 1.97. The number of aromatic hydroxyl groups is 1. The fraction of sp³-hybridized carbons (Fsp3) is 0.300. The summed E-state index contributed by atoms with van der Waals surface area (Å²) < 4.78 is 0. The average Bonchev–Trinajstić information content (AvgIpc) is 2.15. The van der Waals surface area contributed by atoms with Crippen LogP contribution < -0.4 is 4.90 Å². The predicted octanol–water partition coefficient (Wildman–Crippen LogP) is 1.74. The third-order valence-electron chi connectivity index (χ3n) is 1.85. The largest absolute Gasteiger partial charge is 0.508 e. The maximum absolute atomic E-state index is 9.04. The Balaban J connectivity index is 2.62. The van der Waals surface area contributed by atoms with Gasteiger partial charge in [0.2, 0.25) is 0 Å². The highest BCUT2D eigenvalue weighted by molar-refractivity contribution is 5.47. The Kier molecular flexibility index (Phi) is 3.15. The minimum Gasteiger partial charge on any atom is -0.508 e. The second-order valence-corrected chi connectivity index (χ2v) is 2.85. The monoisotopic (exact) mass is 176 g/mol. The van der Waals surface area contributed by atoms with Crippen LogP contribution in [0, 0.1) is 11.3 Å². The third kappa shape index (κ3) is 2.68. The molecule has 0 spiro atoms. The Morgan fingerprint density at radius 2 is 2.00 bits per heavy atom. The van der Waals surface area contributed by atoms with Gasteiger partial charge in [-0.3, -0.25) is 0 Å². The molecule has 0 amide bonds. The molecule has 13 heavy (non-hydrogen) atoms. The summed E-state index contributed by atoms with van der Waals surface area (Å²) in [5.74, 6) is 0.262. The lowest BCUT2D eigenvalue weighted by molar-refractivity contribution is 0.475. The molecule has 0 aromatic heterocycles. The molecule has 0 aliphatic heterocycles. The topological polar surface area (TPSA) is 47.3 Å². The molecule has 0 bridgehead atoms. The van der Waals surface area contributed by atoms with Crippen LogP contribution in [-0.2, 0) is 0 Å². The first-order valence-corrected chi connectivity index (χ1v) is 4.11. The molecular formula is C10H12N2O. The number of benzene rings is 1. The molecule has 0 aliphatic rings. The number of nitriles is 1. The fourth-order valence-electron chi connectivity index (χ4n) is 1.05. The number of phenols is 1. The predicted molar refractivity (Wildman–Crippen MR) is 51.6 cm³/mol. The van der Waals surface area contributed by atoms with Crippen molar-refractivity contribution in [1.82, 2.24) is 0 Å². The van der Waals surface area contributed by atoms with Crippen molar-refractivity contribution >= 4 is 5.69 Å². The molecule has 0 aliphatic carbocycles. The van der Waals surface area contributed by atoms with Crippen molar-refractivity contribution in [3.05, 3.63) is 24.3 Å². The molecule has 0 fully saturated rings. The van der Waals surface area contributed by atoms with Crippen molar-refractivity contribution in [3.8, 4) is 11.8 Å². The summed E-state index contributed by atoms with van der Waals surface area (Å²) in [6.45, 7) is 0.710. The van der Waals surface area contributed by atoms with Crippen LogP contribution in [0.5, 0.6) is 5.75 Å². The smallest absolute Gasteiger partial charge is 0.115 e. The molecule has 0 atom stereocenters. The first-order valence-electron chi connectivity index (χ1n) is 4.11. The molecule has 1 aromatic carbocycles. The van der Waals surface area contributed by atoms with Gasteiger partial charge in [-0.15, -0.1) is 0 Å². The van der Waals surface area contributed by atoms with Crippen molar-refractivity contribution in [2.75, 3.05) is 18.5 Å². The third-order valence-corrected chi connectivity index (χ3v) is 1.85. The van der Waals surface area contributed by atoms with Gasteiger partial charge in [-0.1, -0.05) is 0 Å². The van der Waals surface area contributed by atoms with Gasteiger partial charge < -0.3 is 10.0 Å². The van der Waals surface area contributed by atoms with E-state index in [0.717, 1.165) is 5.69 Å². The Bertz CT molecular complexity index is 300. The maximum atomic E-state index is 9.04. The molecule has 1 N–H and O–H groups in total. The average molecular weight is 176 g/mol. The van der Waals surface area contributed by atoms with E-state index in [0.29, 0.717) is 13.0 Å². The van der Waals surface area contributed by atoms with Crippen molar-refractivity contribution < 1.29 is 5.11 Å². The summed E-state index contributed by atoms with van der Waals surface area (Å²) in [5.41, 5.74) is 1.01. The molecular weight excluding hydrogens is 164 g/mol. The fourth-order valence-corrected chi connectivity index (χ4v) is 1.05. The quantitative estimate of drug-likeness (QED) is 0.763. The first-order chi connectivity index (χ1) is 6.24. The molecule has 3 heteroatoms. The van der Waals surface area contributed by atoms with Crippen LogP contribution in [0.1, 0.15) is 6.42 Å². The van der Waals surface area contributed by atoms with E-state index in [1.165, 1.54) is 0 Å². The Hall–Kier alpha value is -1.69. The molecule has 1 aromatic rings. The molecule has 1 rings (SSSR count). The van der Waals surface area contributed by atoms with E-state index in [1.807, 2.05) is 24.1 Å². The summed E-state index contributed by atoms with van der Waals surface area (Å²) in [6.07, 6.45) is 0.511. The number of phenolic OH excluding ortho intramolecular Hbond substituents is 1.